The van der Waals surface area contributed by atoms with Gasteiger partial charge < -0.3 is 4.42 Å². The zero-order valence-corrected chi connectivity index (χ0v) is 14.4. The maximum absolute atomic E-state index is 12.6. The van der Waals surface area contributed by atoms with E-state index in [1.807, 2.05) is 0 Å². The quantitative estimate of drug-likeness (QED) is 0.489. The summed E-state index contributed by atoms with van der Waals surface area (Å²) in [6, 6.07) is 13.5. The van der Waals surface area contributed by atoms with Crippen LogP contribution in [-0.2, 0) is 10.0 Å². The molecule has 0 unspecified atom stereocenters. The van der Waals surface area contributed by atoms with Gasteiger partial charge in [-0.25, -0.2) is 18.3 Å². The molecule has 0 amide bonds. The maximum Gasteiger partial charge on any atom is 0.417 e. The van der Waals surface area contributed by atoms with Gasteiger partial charge in [0, 0.05) is 23.4 Å². The van der Waals surface area contributed by atoms with Crippen LogP contribution in [0.15, 0.2) is 73.5 Å². The van der Waals surface area contributed by atoms with Crippen LogP contribution in [0.1, 0.15) is 0 Å². The third-order valence-electron chi connectivity index (χ3n) is 3.79. The summed E-state index contributed by atoms with van der Waals surface area (Å²) in [5.74, 6) is -0.659. The van der Waals surface area contributed by atoms with E-state index in [0.717, 1.165) is 0 Å². The number of benzene rings is 2. The average Bonchev–Trinajstić information content (AvgIpc) is 3.01. The van der Waals surface area contributed by atoms with Crippen LogP contribution in [0.2, 0.25) is 0 Å². The van der Waals surface area contributed by atoms with Crippen LogP contribution in [0.3, 0.4) is 0 Å². The molecule has 0 fully saturated rings. The van der Waals surface area contributed by atoms with Crippen molar-refractivity contribution in [1.29, 1.82) is 0 Å². The molecule has 0 saturated carbocycles. The number of nitrogens with one attached hydrogen (secondary N) is 3. The number of fused-ring (bicyclic) bond motifs is 1. The lowest BCUT2D eigenvalue weighted by atomic mass is 10.1. The maximum atomic E-state index is 12.6. The predicted octanol–water partition coefficient (Wildman–Crippen LogP) is 1.67. The zero-order valence-electron chi connectivity index (χ0n) is 13.6. The largest absolute Gasteiger partial charge is 0.417 e. The molecule has 10 heteroatoms. The van der Waals surface area contributed by atoms with Gasteiger partial charge in [-0.1, -0.05) is 12.1 Å². The summed E-state index contributed by atoms with van der Waals surface area (Å²) < 4.78 is 32.7. The van der Waals surface area contributed by atoms with E-state index in [4.69, 9.17) is 4.42 Å². The van der Waals surface area contributed by atoms with E-state index in [9.17, 15) is 18.0 Å². The minimum Gasteiger partial charge on any atom is -0.408 e. The van der Waals surface area contributed by atoms with Crippen LogP contribution < -0.4 is 16.0 Å². The second-order valence-corrected chi connectivity index (χ2v) is 7.35. The van der Waals surface area contributed by atoms with E-state index in [1.54, 1.807) is 24.3 Å². The van der Waals surface area contributed by atoms with Crippen LogP contribution in [0, 0.1) is 0 Å². The van der Waals surface area contributed by atoms with Gasteiger partial charge in [0.1, 0.15) is 0 Å². The average molecular weight is 384 g/mol. The highest BCUT2D eigenvalue weighted by Gasteiger charge is 2.16. The lowest BCUT2D eigenvalue weighted by molar-refractivity contribution is 0.554. The summed E-state index contributed by atoms with van der Waals surface area (Å²) in [4.78, 5) is 24.7. The molecule has 2 heterocycles. The van der Waals surface area contributed by atoms with Crippen molar-refractivity contribution in [2.45, 2.75) is 4.90 Å². The molecule has 0 aliphatic heterocycles. The van der Waals surface area contributed by atoms with Gasteiger partial charge >= 0.3 is 5.76 Å². The number of H-pyrrole nitrogens is 2. The number of aromatic amines is 2. The fraction of sp³-hybridized carbons (Fsp3) is 0. The number of rotatable bonds is 4. The Morgan fingerprint density at radius 3 is 2.63 bits per heavy atom. The van der Waals surface area contributed by atoms with Crippen molar-refractivity contribution < 1.29 is 12.8 Å². The molecule has 0 bridgehead atoms. The van der Waals surface area contributed by atoms with Crippen LogP contribution in [0.5, 0.6) is 0 Å². The molecule has 27 heavy (non-hydrogen) atoms. The fourth-order valence-electron chi connectivity index (χ4n) is 2.55. The normalized spacial score (nSPS) is 11.6. The Kier molecular flexibility index (Phi) is 3.89. The first-order valence-electron chi connectivity index (χ1n) is 7.73. The topological polar surface area (TPSA) is 138 Å². The van der Waals surface area contributed by atoms with Gasteiger partial charge in [-0.2, -0.15) is 5.10 Å². The zero-order chi connectivity index (χ0) is 19.0. The lowest BCUT2D eigenvalue weighted by Gasteiger charge is -2.09. The Hall–Kier alpha value is -3.66. The highest BCUT2D eigenvalue weighted by atomic mass is 32.2. The third-order valence-corrected chi connectivity index (χ3v) is 5.17. The number of oxazole rings is 1. The Morgan fingerprint density at radius 1 is 1.00 bits per heavy atom. The number of hydrogen-bond donors (Lipinski definition) is 3. The molecule has 2 aromatic carbocycles. The number of anilines is 1. The molecular formula is C17H12N4O5S. The first-order valence-corrected chi connectivity index (χ1v) is 9.21. The Labute approximate surface area is 151 Å². The molecule has 0 spiro atoms. The molecule has 3 N–H and O–H groups in total. The number of nitrogens with zero attached hydrogens (tertiary/aromatic N) is 1. The molecule has 0 saturated heterocycles. The summed E-state index contributed by atoms with van der Waals surface area (Å²) in [7, 11) is -3.91. The second-order valence-electron chi connectivity index (χ2n) is 5.67. The molecule has 2 aromatic heterocycles. The summed E-state index contributed by atoms with van der Waals surface area (Å²) in [6.07, 6.45) is 0. The predicted molar refractivity (Wildman–Crippen MR) is 97.9 cm³/mol. The molecule has 0 aliphatic rings. The molecule has 4 aromatic rings. The molecule has 0 atom stereocenters. The second kappa shape index (κ2) is 6.25. The first-order chi connectivity index (χ1) is 12.9. The molecule has 9 nitrogen and oxygen atoms in total. The smallest absolute Gasteiger partial charge is 0.408 e. The van der Waals surface area contributed by atoms with E-state index >= 15 is 0 Å². The summed E-state index contributed by atoms with van der Waals surface area (Å²) in [6.45, 7) is 0. The van der Waals surface area contributed by atoms with Crippen molar-refractivity contribution in [3.63, 3.8) is 0 Å². The van der Waals surface area contributed by atoms with Gasteiger partial charge in [-0.05, 0) is 30.3 Å². The van der Waals surface area contributed by atoms with Gasteiger partial charge in [0.2, 0.25) is 0 Å². The Balaban J connectivity index is 1.67. The van der Waals surface area contributed by atoms with Crippen molar-refractivity contribution >= 4 is 26.8 Å². The highest BCUT2D eigenvalue weighted by Crippen LogP contribution is 2.23. The van der Waals surface area contributed by atoms with Crippen LogP contribution in [0.4, 0.5) is 5.69 Å². The highest BCUT2D eigenvalue weighted by molar-refractivity contribution is 7.92. The van der Waals surface area contributed by atoms with Crippen LogP contribution in [0.25, 0.3) is 22.4 Å². The summed E-state index contributed by atoms with van der Waals surface area (Å²) in [5, 5.41) is 6.25. The van der Waals surface area contributed by atoms with E-state index in [2.05, 4.69) is 19.9 Å². The monoisotopic (exact) mass is 384 g/mol. The van der Waals surface area contributed by atoms with Gasteiger partial charge in [0.25, 0.3) is 15.6 Å². The molecule has 0 aliphatic carbocycles. The molecule has 136 valence electrons. The fourth-order valence-corrected chi connectivity index (χ4v) is 3.62. The summed E-state index contributed by atoms with van der Waals surface area (Å²) >= 11 is 0. The molecule has 4 rings (SSSR count). The van der Waals surface area contributed by atoms with Gasteiger partial charge in [-0.15, -0.1) is 0 Å². The van der Waals surface area contributed by atoms with Gasteiger partial charge in [0.15, 0.2) is 5.58 Å². The molecule has 0 radical (unpaired) electrons. The molecular weight excluding hydrogens is 372 g/mol. The van der Waals surface area contributed by atoms with Gasteiger partial charge in [0.05, 0.1) is 16.1 Å². The third kappa shape index (κ3) is 3.37. The Bertz CT molecular complexity index is 1350. The van der Waals surface area contributed by atoms with Crippen molar-refractivity contribution in [2.75, 3.05) is 4.72 Å². The Morgan fingerprint density at radius 2 is 1.85 bits per heavy atom. The number of sulfonamides is 1. The first kappa shape index (κ1) is 16.8. The van der Waals surface area contributed by atoms with E-state index < -0.39 is 15.8 Å². The van der Waals surface area contributed by atoms with Crippen LogP contribution in [-0.4, -0.2) is 23.6 Å². The minimum atomic E-state index is -3.91. The lowest BCUT2D eigenvalue weighted by Crippen LogP contribution is -2.13. The van der Waals surface area contributed by atoms with E-state index in [0.29, 0.717) is 22.5 Å². The van der Waals surface area contributed by atoms with E-state index in [-0.39, 0.29) is 16.0 Å². The van der Waals surface area contributed by atoms with E-state index in [1.165, 1.54) is 30.3 Å². The van der Waals surface area contributed by atoms with Crippen molar-refractivity contribution in [3.8, 4) is 11.3 Å². The van der Waals surface area contributed by atoms with Crippen molar-refractivity contribution in [3.05, 3.63) is 75.5 Å². The van der Waals surface area contributed by atoms with Crippen molar-refractivity contribution in [2.24, 2.45) is 0 Å². The summed E-state index contributed by atoms with van der Waals surface area (Å²) in [5.41, 5.74) is 1.65. The number of hydrogen-bond acceptors (Lipinski definition) is 6. The number of aromatic nitrogens is 3. The minimum absolute atomic E-state index is 0.0506. The SMILES string of the molecule is O=c1ccc(-c2cccc(NS(=O)(=O)c3ccc4[nH]c(=O)oc4c3)c2)n[nH]1. The standard InChI is InChI=1S/C17H12N4O5S/c22-16-7-6-13(19-20-16)10-2-1-3-11(8-10)21-27(24,25)12-4-5-14-15(9-12)26-17(23)18-14/h1-9,21H,(H,18,23)(H,20,22). The van der Waals surface area contributed by atoms with Crippen molar-refractivity contribution in [1.82, 2.24) is 15.2 Å². The van der Waals surface area contributed by atoms with Gasteiger partial charge in [-0.3, -0.25) is 14.5 Å². The van der Waals surface area contributed by atoms with Crippen LogP contribution >= 0.6 is 0 Å².